The van der Waals surface area contributed by atoms with Crippen molar-refractivity contribution in [1.82, 2.24) is 4.90 Å². The van der Waals surface area contributed by atoms with Crippen LogP contribution in [0.1, 0.15) is 29.4 Å². The van der Waals surface area contributed by atoms with Gasteiger partial charge in [-0.1, -0.05) is 24.3 Å². The Bertz CT molecular complexity index is 491. The number of hydrogen-bond donors (Lipinski definition) is 0. The van der Waals surface area contributed by atoms with Crippen molar-refractivity contribution < 1.29 is 4.58 Å². The highest BCUT2D eigenvalue weighted by atomic mass is 15.3. The van der Waals surface area contributed by atoms with E-state index in [1.165, 1.54) is 6.42 Å². The van der Waals surface area contributed by atoms with Crippen molar-refractivity contribution in [3.63, 3.8) is 0 Å². The van der Waals surface area contributed by atoms with Crippen LogP contribution in [-0.4, -0.2) is 42.0 Å². The maximum Gasteiger partial charge on any atom is 0.234 e. The van der Waals surface area contributed by atoms with Crippen molar-refractivity contribution in [2.75, 3.05) is 14.1 Å². The molecule has 1 aromatic rings. The predicted molar refractivity (Wildman–Crippen MR) is 64.1 cm³/mol. The van der Waals surface area contributed by atoms with Crippen LogP contribution < -0.4 is 0 Å². The molecular weight excluding hydrogens is 196 g/mol. The number of likely N-dealkylation sites (N-methyl/N-ethyl adjacent to an activating group) is 2. The van der Waals surface area contributed by atoms with E-state index in [9.17, 15) is 0 Å². The number of nitrogens with zero attached hydrogens (tertiary/aromatic N) is 2. The third kappa shape index (κ3) is 0.831. The normalized spacial score (nSPS) is 38.6. The molecule has 0 aromatic heterocycles. The standard InChI is InChI=1S/C14H17N2/c1-15-8-16(2)14-12-7-11(13(14)15)9-5-3-4-6-10(9)12/h3-6,8,11-14H,7H2,1-2H3/q+1/t11-,12+,13+,14-. The molecule has 2 heteroatoms. The molecule has 0 N–H and O–H groups in total. The minimum atomic E-state index is 0.713. The van der Waals surface area contributed by atoms with Crippen LogP contribution in [0.25, 0.3) is 0 Å². The van der Waals surface area contributed by atoms with Crippen LogP contribution in [0.15, 0.2) is 24.3 Å². The summed E-state index contributed by atoms with van der Waals surface area (Å²) in [6.07, 6.45) is 3.64. The first-order valence-electron chi connectivity index (χ1n) is 6.15. The van der Waals surface area contributed by atoms with E-state index >= 15 is 0 Å². The molecule has 1 fully saturated rings. The van der Waals surface area contributed by atoms with Gasteiger partial charge in [-0.05, 0) is 17.5 Å². The molecule has 2 bridgehead atoms. The van der Waals surface area contributed by atoms with E-state index in [1.54, 1.807) is 11.1 Å². The number of benzene rings is 1. The van der Waals surface area contributed by atoms with Gasteiger partial charge in [0.2, 0.25) is 6.34 Å². The van der Waals surface area contributed by atoms with Crippen molar-refractivity contribution >= 4 is 6.34 Å². The molecule has 3 aliphatic rings. The molecule has 0 radical (unpaired) electrons. The highest BCUT2D eigenvalue weighted by Gasteiger charge is 2.59. The average molecular weight is 213 g/mol. The summed E-state index contributed by atoms with van der Waals surface area (Å²) < 4.78 is 2.42. The topological polar surface area (TPSA) is 6.25 Å². The molecule has 1 saturated carbocycles. The van der Waals surface area contributed by atoms with Gasteiger partial charge in [0.1, 0.15) is 12.1 Å². The van der Waals surface area contributed by atoms with Crippen molar-refractivity contribution in [2.45, 2.75) is 30.3 Å². The lowest BCUT2D eigenvalue weighted by molar-refractivity contribution is -0.528. The highest BCUT2D eigenvalue weighted by Crippen LogP contribution is 2.56. The fraction of sp³-hybridized carbons (Fsp3) is 0.500. The van der Waals surface area contributed by atoms with E-state index in [1.807, 2.05) is 0 Å². The molecule has 0 amide bonds. The Labute approximate surface area is 96.2 Å². The van der Waals surface area contributed by atoms with Gasteiger partial charge >= 0.3 is 0 Å². The first kappa shape index (κ1) is 8.80. The summed E-state index contributed by atoms with van der Waals surface area (Å²) in [4.78, 5) is 2.42. The van der Waals surface area contributed by atoms with Gasteiger partial charge in [0.25, 0.3) is 0 Å². The Hall–Kier alpha value is -1.31. The Morgan fingerprint density at radius 2 is 1.88 bits per heavy atom. The Balaban J connectivity index is 1.89. The quantitative estimate of drug-likeness (QED) is 0.594. The molecule has 0 spiro atoms. The lowest BCUT2D eigenvalue weighted by Gasteiger charge is -2.26. The molecule has 82 valence electrons. The maximum atomic E-state index is 2.42. The van der Waals surface area contributed by atoms with Crippen LogP contribution in [0.3, 0.4) is 0 Å². The van der Waals surface area contributed by atoms with Gasteiger partial charge in [-0.15, -0.1) is 0 Å². The van der Waals surface area contributed by atoms with Crippen molar-refractivity contribution in [3.8, 4) is 0 Å². The maximum absolute atomic E-state index is 2.42. The largest absolute Gasteiger partial charge is 0.263 e. The molecule has 1 aliphatic heterocycles. The molecule has 1 heterocycles. The van der Waals surface area contributed by atoms with Crippen molar-refractivity contribution in [2.24, 2.45) is 0 Å². The molecule has 4 rings (SSSR count). The summed E-state index contributed by atoms with van der Waals surface area (Å²) in [7, 11) is 4.45. The number of hydrogen-bond acceptors (Lipinski definition) is 1. The molecule has 0 saturated heterocycles. The van der Waals surface area contributed by atoms with Crippen LogP contribution in [0.2, 0.25) is 0 Å². The zero-order valence-electron chi connectivity index (χ0n) is 9.80. The van der Waals surface area contributed by atoms with Crippen LogP contribution >= 0.6 is 0 Å². The number of rotatable bonds is 0. The fourth-order valence-electron chi connectivity index (χ4n) is 4.33. The Kier molecular flexibility index (Phi) is 1.47. The lowest BCUT2D eigenvalue weighted by Crippen LogP contribution is -2.40. The van der Waals surface area contributed by atoms with Gasteiger partial charge in [0, 0.05) is 11.8 Å². The third-order valence-corrected chi connectivity index (χ3v) is 4.78. The second-order valence-corrected chi connectivity index (χ2v) is 5.51. The van der Waals surface area contributed by atoms with Gasteiger partial charge in [-0.25, -0.2) is 0 Å². The van der Waals surface area contributed by atoms with Crippen LogP contribution in [0, 0.1) is 0 Å². The zero-order valence-corrected chi connectivity index (χ0v) is 9.80. The molecule has 1 aromatic carbocycles. The van der Waals surface area contributed by atoms with Crippen LogP contribution in [0.5, 0.6) is 0 Å². The average Bonchev–Trinajstić information content (AvgIpc) is 2.91. The predicted octanol–water partition coefficient (Wildman–Crippen LogP) is 1.62. The third-order valence-electron chi connectivity index (χ3n) is 4.78. The smallest absolute Gasteiger partial charge is 0.234 e. The van der Waals surface area contributed by atoms with E-state index in [0.717, 1.165) is 11.8 Å². The van der Waals surface area contributed by atoms with Gasteiger partial charge in [-0.3, -0.25) is 9.48 Å². The van der Waals surface area contributed by atoms with Gasteiger partial charge in [0.05, 0.1) is 14.1 Å². The second-order valence-electron chi connectivity index (χ2n) is 5.51. The minimum Gasteiger partial charge on any atom is -0.263 e. The van der Waals surface area contributed by atoms with E-state index in [0.29, 0.717) is 12.1 Å². The Morgan fingerprint density at radius 1 is 1.19 bits per heavy atom. The van der Waals surface area contributed by atoms with E-state index in [-0.39, 0.29) is 0 Å². The van der Waals surface area contributed by atoms with E-state index in [2.05, 4.69) is 54.2 Å². The van der Waals surface area contributed by atoms with Gasteiger partial charge in [-0.2, -0.15) is 0 Å². The zero-order chi connectivity index (χ0) is 10.9. The van der Waals surface area contributed by atoms with Crippen LogP contribution in [-0.2, 0) is 0 Å². The molecule has 4 atom stereocenters. The summed E-state index contributed by atoms with van der Waals surface area (Å²) >= 11 is 0. The molecule has 2 aliphatic carbocycles. The van der Waals surface area contributed by atoms with Gasteiger partial charge in [0.15, 0.2) is 0 Å². The summed E-state index contributed by atoms with van der Waals surface area (Å²) in [5.41, 5.74) is 3.23. The lowest BCUT2D eigenvalue weighted by atomic mass is 9.85. The second kappa shape index (κ2) is 2.68. The summed E-state index contributed by atoms with van der Waals surface area (Å²) in [6.45, 7) is 0. The molecule has 16 heavy (non-hydrogen) atoms. The fourth-order valence-corrected chi connectivity index (χ4v) is 4.33. The van der Waals surface area contributed by atoms with Crippen LogP contribution in [0.4, 0.5) is 0 Å². The Morgan fingerprint density at radius 3 is 2.62 bits per heavy atom. The SMILES string of the molecule is CN1C=[N+](C)[C@@H]2[C@H]1[C@H]1C[C@@H]2c2ccccc21. The minimum absolute atomic E-state index is 0.713. The highest BCUT2D eigenvalue weighted by molar-refractivity contribution is 5.56. The van der Waals surface area contributed by atoms with E-state index in [4.69, 9.17) is 0 Å². The summed E-state index contributed by atoms with van der Waals surface area (Å²) in [5, 5.41) is 0. The van der Waals surface area contributed by atoms with Crippen molar-refractivity contribution in [3.05, 3.63) is 35.4 Å². The van der Waals surface area contributed by atoms with E-state index < -0.39 is 0 Å². The van der Waals surface area contributed by atoms with Crippen molar-refractivity contribution in [1.29, 1.82) is 0 Å². The number of fused-ring (bicyclic) bond motifs is 8. The molecule has 0 unspecified atom stereocenters. The monoisotopic (exact) mass is 213 g/mol. The first-order chi connectivity index (χ1) is 7.77. The molecular formula is C14H17N2+. The van der Waals surface area contributed by atoms with Gasteiger partial charge < -0.3 is 0 Å². The first-order valence-corrected chi connectivity index (χ1v) is 6.15. The summed E-state index contributed by atoms with van der Waals surface area (Å²) in [6, 6.07) is 10.5. The summed E-state index contributed by atoms with van der Waals surface area (Å²) in [5.74, 6) is 1.52. The molecule has 2 nitrogen and oxygen atoms in total.